The molecule has 0 aliphatic carbocycles. The number of amides is 2. The van der Waals surface area contributed by atoms with E-state index in [-0.39, 0.29) is 11.8 Å². The number of hydrogen-bond donors (Lipinski definition) is 2. The summed E-state index contributed by atoms with van der Waals surface area (Å²) in [5.74, 6) is 1.09. The minimum atomic E-state index is 0.00298. The van der Waals surface area contributed by atoms with E-state index in [1.165, 1.54) is 0 Å². The van der Waals surface area contributed by atoms with Crippen molar-refractivity contribution < 1.29 is 14.3 Å². The molecule has 1 aliphatic rings. The van der Waals surface area contributed by atoms with E-state index in [2.05, 4.69) is 15.3 Å². The number of nitrogens with one attached hydrogen (secondary N) is 2. The molecule has 0 saturated carbocycles. The molecule has 3 aromatic rings. The van der Waals surface area contributed by atoms with Gasteiger partial charge in [-0.05, 0) is 49.1 Å². The van der Waals surface area contributed by atoms with Crippen LogP contribution in [0.25, 0.3) is 10.9 Å². The summed E-state index contributed by atoms with van der Waals surface area (Å²) in [4.78, 5) is 34.4. The SMILES string of the molecule is COc1ccc2cc(C(=O)N3CCC(CC(=O)NCc4ccccn4)CC3)[nH]c2c1. The highest BCUT2D eigenvalue weighted by atomic mass is 16.5. The number of hydrogen-bond acceptors (Lipinski definition) is 4. The van der Waals surface area contributed by atoms with Crippen molar-refractivity contribution in [2.75, 3.05) is 20.2 Å². The van der Waals surface area contributed by atoms with Gasteiger partial charge in [0.25, 0.3) is 5.91 Å². The second kappa shape index (κ2) is 8.98. The first-order valence-corrected chi connectivity index (χ1v) is 10.2. The van der Waals surface area contributed by atoms with E-state index in [1.807, 2.05) is 47.4 Å². The van der Waals surface area contributed by atoms with Crippen LogP contribution in [0.15, 0.2) is 48.7 Å². The summed E-state index contributed by atoms with van der Waals surface area (Å²) in [5, 5.41) is 3.92. The summed E-state index contributed by atoms with van der Waals surface area (Å²) in [7, 11) is 1.62. The number of rotatable bonds is 6. The second-order valence-corrected chi connectivity index (χ2v) is 7.67. The zero-order valence-electron chi connectivity index (χ0n) is 17.1. The van der Waals surface area contributed by atoms with Crippen molar-refractivity contribution in [1.82, 2.24) is 20.2 Å². The minimum Gasteiger partial charge on any atom is -0.497 e. The summed E-state index contributed by atoms with van der Waals surface area (Å²) >= 11 is 0. The van der Waals surface area contributed by atoms with Crippen LogP contribution < -0.4 is 10.1 Å². The molecule has 1 aliphatic heterocycles. The molecule has 156 valence electrons. The number of aromatic amines is 1. The molecule has 0 spiro atoms. The van der Waals surface area contributed by atoms with Crippen LogP contribution in [0.4, 0.5) is 0 Å². The highest BCUT2D eigenvalue weighted by molar-refractivity contribution is 5.98. The normalized spacial score (nSPS) is 14.6. The number of pyridine rings is 1. The predicted molar refractivity (Wildman–Crippen MR) is 114 cm³/mol. The van der Waals surface area contributed by atoms with Crippen LogP contribution in [0.3, 0.4) is 0 Å². The molecule has 1 fully saturated rings. The maximum Gasteiger partial charge on any atom is 0.270 e. The Morgan fingerprint density at radius 1 is 1.20 bits per heavy atom. The fourth-order valence-corrected chi connectivity index (χ4v) is 3.89. The number of nitrogens with zero attached hydrogens (tertiary/aromatic N) is 2. The lowest BCUT2D eigenvalue weighted by Gasteiger charge is -2.31. The summed E-state index contributed by atoms with van der Waals surface area (Å²) in [5.41, 5.74) is 2.32. The van der Waals surface area contributed by atoms with Gasteiger partial charge in [-0.15, -0.1) is 0 Å². The molecular weight excluding hydrogens is 380 g/mol. The number of H-pyrrole nitrogens is 1. The van der Waals surface area contributed by atoms with Crippen molar-refractivity contribution in [3.63, 3.8) is 0 Å². The minimum absolute atomic E-state index is 0.00298. The molecule has 2 aromatic heterocycles. The number of ether oxygens (including phenoxy) is 1. The Balaban J connectivity index is 1.27. The van der Waals surface area contributed by atoms with Gasteiger partial charge in [0.1, 0.15) is 11.4 Å². The first-order chi connectivity index (χ1) is 14.6. The van der Waals surface area contributed by atoms with E-state index in [0.29, 0.717) is 37.7 Å². The lowest BCUT2D eigenvalue weighted by Crippen LogP contribution is -2.39. The number of carbonyl (C=O) groups excluding carboxylic acids is 2. The molecule has 0 atom stereocenters. The van der Waals surface area contributed by atoms with E-state index in [4.69, 9.17) is 4.74 Å². The average molecular weight is 406 g/mol. The van der Waals surface area contributed by atoms with Crippen LogP contribution in [0.5, 0.6) is 5.75 Å². The summed E-state index contributed by atoms with van der Waals surface area (Å²) in [6.07, 6.45) is 3.87. The van der Waals surface area contributed by atoms with Crippen molar-refractivity contribution in [3.05, 3.63) is 60.0 Å². The first-order valence-electron chi connectivity index (χ1n) is 10.2. The van der Waals surface area contributed by atoms with Crippen LogP contribution in [0, 0.1) is 5.92 Å². The first kappa shape index (κ1) is 19.9. The largest absolute Gasteiger partial charge is 0.497 e. The molecule has 7 heteroatoms. The molecule has 0 unspecified atom stereocenters. The van der Waals surface area contributed by atoms with Gasteiger partial charge in [-0.2, -0.15) is 0 Å². The van der Waals surface area contributed by atoms with Gasteiger partial charge >= 0.3 is 0 Å². The van der Waals surface area contributed by atoms with E-state index in [0.717, 1.165) is 35.2 Å². The topological polar surface area (TPSA) is 87.3 Å². The summed E-state index contributed by atoms with van der Waals surface area (Å²) in [6.45, 7) is 1.77. The molecule has 2 amide bonds. The van der Waals surface area contributed by atoms with E-state index >= 15 is 0 Å². The molecule has 0 radical (unpaired) electrons. The maximum atomic E-state index is 12.9. The summed E-state index contributed by atoms with van der Waals surface area (Å²) < 4.78 is 5.24. The molecule has 1 aromatic carbocycles. The quantitative estimate of drug-likeness (QED) is 0.658. The number of piperidine rings is 1. The van der Waals surface area contributed by atoms with Crippen LogP contribution in [0.1, 0.15) is 35.4 Å². The number of carbonyl (C=O) groups is 2. The lowest BCUT2D eigenvalue weighted by molar-refractivity contribution is -0.122. The Morgan fingerprint density at radius 3 is 2.77 bits per heavy atom. The number of aromatic nitrogens is 2. The van der Waals surface area contributed by atoms with Gasteiger partial charge in [-0.1, -0.05) is 6.07 Å². The third-order valence-electron chi connectivity index (χ3n) is 5.63. The molecule has 4 rings (SSSR count). The number of fused-ring (bicyclic) bond motifs is 1. The van der Waals surface area contributed by atoms with Crippen molar-refractivity contribution in [2.24, 2.45) is 5.92 Å². The molecular formula is C23H26N4O3. The molecule has 30 heavy (non-hydrogen) atoms. The fraction of sp³-hybridized carbons (Fsp3) is 0.348. The molecule has 0 bridgehead atoms. The zero-order valence-corrected chi connectivity index (χ0v) is 17.1. The average Bonchev–Trinajstić information content (AvgIpc) is 3.22. The molecule has 2 N–H and O–H groups in total. The predicted octanol–water partition coefficient (Wildman–Crippen LogP) is 3.13. The summed E-state index contributed by atoms with van der Waals surface area (Å²) in [6, 6.07) is 13.3. The zero-order chi connectivity index (χ0) is 20.9. The Morgan fingerprint density at radius 2 is 2.03 bits per heavy atom. The van der Waals surface area contributed by atoms with Gasteiger partial charge in [0.15, 0.2) is 0 Å². The standard InChI is InChI=1S/C23H26N4O3/c1-30-19-6-5-17-13-21(26-20(17)14-19)23(29)27-10-7-16(8-11-27)12-22(28)25-15-18-4-2-3-9-24-18/h2-6,9,13-14,16,26H,7-8,10-12,15H2,1H3,(H,25,28). The van der Waals surface area contributed by atoms with E-state index in [9.17, 15) is 9.59 Å². The monoisotopic (exact) mass is 406 g/mol. The number of methoxy groups -OCH3 is 1. The van der Waals surface area contributed by atoms with Gasteiger partial charge in [-0.25, -0.2) is 0 Å². The van der Waals surface area contributed by atoms with Gasteiger partial charge in [0.2, 0.25) is 5.91 Å². The number of benzene rings is 1. The highest BCUT2D eigenvalue weighted by Crippen LogP contribution is 2.25. The van der Waals surface area contributed by atoms with Crippen molar-refractivity contribution in [2.45, 2.75) is 25.8 Å². The van der Waals surface area contributed by atoms with Crippen molar-refractivity contribution >= 4 is 22.7 Å². The Kier molecular flexibility index (Phi) is 5.97. The van der Waals surface area contributed by atoms with Gasteiger partial charge < -0.3 is 19.9 Å². The Bertz CT molecular complexity index is 1020. The molecule has 7 nitrogen and oxygen atoms in total. The van der Waals surface area contributed by atoms with Gasteiger partial charge in [0.05, 0.1) is 19.3 Å². The van der Waals surface area contributed by atoms with Crippen LogP contribution in [0.2, 0.25) is 0 Å². The third kappa shape index (κ3) is 4.62. The smallest absolute Gasteiger partial charge is 0.270 e. The van der Waals surface area contributed by atoms with Crippen molar-refractivity contribution in [3.8, 4) is 5.75 Å². The van der Waals surface area contributed by atoms with Crippen molar-refractivity contribution in [1.29, 1.82) is 0 Å². The number of likely N-dealkylation sites (tertiary alicyclic amines) is 1. The van der Waals surface area contributed by atoms with Crippen LogP contribution >= 0.6 is 0 Å². The molecule has 1 saturated heterocycles. The molecule has 3 heterocycles. The van der Waals surface area contributed by atoms with Gasteiger partial charge in [0, 0.05) is 42.7 Å². The van der Waals surface area contributed by atoms with Gasteiger partial charge in [-0.3, -0.25) is 14.6 Å². The highest BCUT2D eigenvalue weighted by Gasteiger charge is 2.26. The second-order valence-electron chi connectivity index (χ2n) is 7.67. The lowest BCUT2D eigenvalue weighted by atomic mass is 9.93. The van der Waals surface area contributed by atoms with Crippen LogP contribution in [-0.2, 0) is 11.3 Å². The Labute approximate surface area is 175 Å². The Hall–Kier alpha value is -3.35. The third-order valence-corrected chi connectivity index (χ3v) is 5.63. The van der Waals surface area contributed by atoms with Crippen LogP contribution in [-0.4, -0.2) is 46.9 Å². The fourth-order valence-electron chi connectivity index (χ4n) is 3.89. The van der Waals surface area contributed by atoms with E-state index < -0.39 is 0 Å². The van der Waals surface area contributed by atoms with E-state index in [1.54, 1.807) is 13.3 Å². The maximum absolute atomic E-state index is 12.9.